The van der Waals surface area contributed by atoms with Gasteiger partial charge >= 0.3 is 5.97 Å². The van der Waals surface area contributed by atoms with Gasteiger partial charge in [0.05, 0.1) is 10.5 Å². The summed E-state index contributed by atoms with van der Waals surface area (Å²) < 4.78 is 25.8. The molecule has 0 bridgehead atoms. The molecule has 0 saturated carbocycles. The number of hydrogen-bond acceptors (Lipinski definition) is 3. The second-order valence-corrected chi connectivity index (χ2v) is 6.74. The van der Waals surface area contributed by atoms with E-state index in [-0.39, 0.29) is 17.0 Å². The Balaban J connectivity index is 3.29. The smallest absolute Gasteiger partial charge is 0.336 e. The van der Waals surface area contributed by atoms with Gasteiger partial charge in [0.1, 0.15) is 0 Å². The summed E-state index contributed by atoms with van der Waals surface area (Å²) >= 11 is 0. The van der Waals surface area contributed by atoms with Crippen molar-refractivity contribution in [3.05, 3.63) is 41.5 Å². The third kappa shape index (κ3) is 3.46. The first-order valence-electron chi connectivity index (χ1n) is 6.17. The van der Waals surface area contributed by atoms with Crippen molar-refractivity contribution in [2.24, 2.45) is 0 Å². The van der Waals surface area contributed by atoms with Crippen LogP contribution in [0.15, 0.2) is 35.2 Å². The summed E-state index contributed by atoms with van der Waals surface area (Å²) in [5.74, 6) is -1.12. The highest BCUT2D eigenvalue weighted by Gasteiger charge is 2.22. The summed E-state index contributed by atoms with van der Waals surface area (Å²) in [5, 5.41) is 9.15. The van der Waals surface area contributed by atoms with Crippen molar-refractivity contribution in [2.75, 3.05) is 13.6 Å². The van der Waals surface area contributed by atoms with Crippen LogP contribution in [0.25, 0.3) is 0 Å². The number of rotatable bonds is 6. The number of likely N-dealkylation sites (N-methyl/N-ethyl adjacent to an activating group) is 1. The number of sulfonamides is 1. The molecule has 0 saturated heterocycles. The standard InChI is InChI=1S/C14H19NO4S/c1-5-11-6-7-12(8-13(11)14(16)17)20(18,19)15(4)9-10(2)3/h6-8H,2,5,9H2,1,3-4H3,(H,16,17). The summed E-state index contributed by atoms with van der Waals surface area (Å²) in [6.07, 6.45) is 0.531. The predicted octanol–water partition coefficient (Wildman–Crippen LogP) is 2.14. The van der Waals surface area contributed by atoms with Crippen LogP contribution in [0, 0.1) is 0 Å². The lowest BCUT2D eigenvalue weighted by Crippen LogP contribution is -2.28. The molecule has 1 aromatic carbocycles. The molecule has 110 valence electrons. The van der Waals surface area contributed by atoms with E-state index >= 15 is 0 Å². The number of carboxylic acids is 1. The van der Waals surface area contributed by atoms with Crippen LogP contribution in [0.1, 0.15) is 29.8 Å². The van der Waals surface area contributed by atoms with Gasteiger partial charge in [-0.3, -0.25) is 0 Å². The minimum atomic E-state index is -3.71. The van der Waals surface area contributed by atoms with Crippen LogP contribution in [-0.2, 0) is 16.4 Å². The fraction of sp³-hybridized carbons (Fsp3) is 0.357. The maximum absolute atomic E-state index is 12.3. The van der Waals surface area contributed by atoms with E-state index < -0.39 is 16.0 Å². The monoisotopic (exact) mass is 297 g/mol. The molecule has 0 radical (unpaired) electrons. The summed E-state index contributed by atoms with van der Waals surface area (Å²) in [7, 11) is -2.26. The molecule has 0 fully saturated rings. The molecule has 1 aromatic rings. The molecule has 5 nitrogen and oxygen atoms in total. The quantitative estimate of drug-likeness (QED) is 0.816. The average Bonchev–Trinajstić information content (AvgIpc) is 2.36. The number of benzene rings is 1. The van der Waals surface area contributed by atoms with Crippen LogP contribution < -0.4 is 0 Å². The minimum absolute atomic E-state index is 0.0177. The molecule has 0 amide bonds. The van der Waals surface area contributed by atoms with E-state index in [1.165, 1.54) is 19.2 Å². The number of nitrogens with zero attached hydrogens (tertiary/aromatic N) is 1. The minimum Gasteiger partial charge on any atom is -0.478 e. The van der Waals surface area contributed by atoms with Gasteiger partial charge in [-0.05, 0) is 31.0 Å². The zero-order valence-corrected chi connectivity index (χ0v) is 12.7. The second kappa shape index (κ2) is 6.19. The zero-order valence-electron chi connectivity index (χ0n) is 11.9. The average molecular weight is 297 g/mol. The number of carbonyl (C=O) groups is 1. The molecule has 0 atom stereocenters. The van der Waals surface area contributed by atoms with Gasteiger partial charge in [-0.25, -0.2) is 13.2 Å². The molecule has 0 aromatic heterocycles. The van der Waals surface area contributed by atoms with Gasteiger partial charge < -0.3 is 5.11 Å². The zero-order chi connectivity index (χ0) is 15.5. The van der Waals surface area contributed by atoms with Gasteiger partial charge in [0.2, 0.25) is 10.0 Å². The van der Waals surface area contributed by atoms with E-state index in [9.17, 15) is 13.2 Å². The Morgan fingerprint density at radius 1 is 1.40 bits per heavy atom. The third-order valence-corrected chi connectivity index (χ3v) is 4.69. The van der Waals surface area contributed by atoms with Crippen LogP contribution in [0.3, 0.4) is 0 Å². The molecule has 0 aliphatic carbocycles. The Bertz CT molecular complexity index is 635. The van der Waals surface area contributed by atoms with E-state index in [0.717, 1.165) is 4.31 Å². The van der Waals surface area contributed by atoms with E-state index in [4.69, 9.17) is 5.11 Å². The summed E-state index contributed by atoms with van der Waals surface area (Å²) in [6, 6.07) is 4.20. The van der Waals surface area contributed by atoms with Gasteiger partial charge in [-0.15, -0.1) is 0 Å². The molecular formula is C14H19NO4S. The van der Waals surface area contributed by atoms with E-state index in [2.05, 4.69) is 6.58 Å². The summed E-state index contributed by atoms with van der Waals surface area (Å²) in [6.45, 7) is 7.42. The molecule has 1 N–H and O–H groups in total. The first-order chi connectivity index (χ1) is 9.20. The molecule has 0 aliphatic rings. The fourth-order valence-corrected chi connectivity index (χ4v) is 3.13. The van der Waals surface area contributed by atoms with Gasteiger partial charge in [-0.2, -0.15) is 4.31 Å². The van der Waals surface area contributed by atoms with Crippen molar-refractivity contribution in [2.45, 2.75) is 25.2 Å². The summed E-state index contributed by atoms with van der Waals surface area (Å²) in [4.78, 5) is 11.2. The first-order valence-corrected chi connectivity index (χ1v) is 7.61. The highest BCUT2D eigenvalue weighted by atomic mass is 32.2. The van der Waals surface area contributed by atoms with Gasteiger partial charge in [0.15, 0.2) is 0 Å². The lowest BCUT2D eigenvalue weighted by atomic mass is 10.1. The molecule has 20 heavy (non-hydrogen) atoms. The van der Waals surface area contributed by atoms with E-state index in [1.807, 2.05) is 6.92 Å². The number of hydrogen-bond donors (Lipinski definition) is 1. The molecular weight excluding hydrogens is 278 g/mol. The molecule has 1 rings (SSSR count). The Hall–Kier alpha value is -1.66. The van der Waals surface area contributed by atoms with Crippen molar-refractivity contribution in [1.82, 2.24) is 4.31 Å². The highest BCUT2D eigenvalue weighted by molar-refractivity contribution is 7.89. The maximum Gasteiger partial charge on any atom is 0.336 e. The Kier molecular flexibility index (Phi) is 5.08. The SMILES string of the molecule is C=C(C)CN(C)S(=O)(=O)c1ccc(CC)c(C(=O)O)c1. The van der Waals surface area contributed by atoms with Crippen LogP contribution in [0.5, 0.6) is 0 Å². The largest absolute Gasteiger partial charge is 0.478 e. The molecule has 0 unspecified atom stereocenters. The summed E-state index contributed by atoms with van der Waals surface area (Å²) in [5.41, 5.74) is 1.34. The van der Waals surface area contributed by atoms with Gasteiger partial charge in [0, 0.05) is 13.6 Å². The lowest BCUT2D eigenvalue weighted by Gasteiger charge is -2.18. The normalized spacial score (nSPS) is 11.6. The fourth-order valence-electron chi connectivity index (χ4n) is 1.87. The molecule has 6 heteroatoms. The Labute approximate surface area is 119 Å². The van der Waals surface area contributed by atoms with Crippen molar-refractivity contribution < 1.29 is 18.3 Å². The van der Waals surface area contributed by atoms with Gasteiger partial charge in [0.25, 0.3) is 0 Å². The topological polar surface area (TPSA) is 74.7 Å². The first kappa shape index (κ1) is 16.4. The number of carboxylic acid groups (broad SMARTS) is 1. The van der Waals surface area contributed by atoms with Crippen molar-refractivity contribution in [1.29, 1.82) is 0 Å². The molecule has 0 aliphatic heterocycles. The number of aryl methyl sites for hydroxylation is 1. The maximum atomic E-state index is 12.3. The number of aromatic carboxylic acids is 1. The third-order valence-electron chi connectivity index (χ3n) is 2.89. The molecule has 0 spiro atoms. The van der Waals surface area contributed by atoms with E-state index in [1.54, 1.807) is 13.0 Å². The predicted molar refractivity (Wildman–Crippen MR) is 77.4 cm³/mol. The molecule has 0 heterocycles. The van der Waals surface area contributed by atoms with Crippen LogP contribution in [0.4, 0.5) is 0 Å². The van der Waals surface area contributed by atoms with Crippen molar-refractivity contribution >= 4 is 16.0 Å². The second-order valence-electron chi connectivity index (χ2n) is 4.70. The van der Waals surface area contributed by atoms with Crippen molar-refractivity contribution in [3.63, 3.8) is 0 Å². The lowest BCUT2D eigenvalue weighted by molar-refractivity contribution is 0.0695. The van der Waals surface area contributed by atoms with Crippen LogP contribution in [-0.4, -0.2) is 37.4 Å². The van der Waals surface area contributed by atoms with Crippen LogP contribution in [0.2, 0.25) is 0 Å². The van der Waals surface area contributed by atoms with E-state index in [0.29, 0.717) is 17.6 Å². The highest BCUT2D eigenvalue weighted by Crippen LogP contribution is 2.20. The van der Waals surface area contributed by atoms with Gasteiger partial charge in [-0.1, -0.05) is 25.1 Å². The van der Waals surface area contributed by atoms with Crippen molar-refractivity contribution in [3.8, 4) is 0 Å². The Morgan fingerprint density at radius 2 is 2.00 bits per heavy atom. The Morgan fingerprint density at radius 3 is 2.45 bits per heavy atom. The van der Waals surface area contributed by atoms with Crippen LogP contribution >= 0.6 is 0 Å².